The molecule has 21 heavy (non-hydrogen) atoms. The molecule has 7 heteroatoms. The number of carboxylic acid groups (broad SMARTS) is 1. The Hall–Kier alpha value is -1.76. The molecule has 0 bridgehead atoms. The van der Waals surface area contributed by atoms with Crippen LogP contribution in [0.4, 0.5) is 0 Å². The second-order valence-corrected chi connectivity index (χ2v) is 6.57. The van der Waals surface area contributed by atoms with Crippen LogP contribution in [0.3, 0.4) is 0 Å². The van der Waals surface area contributed by atoms with Crippen LogP contribution in [0.5, 0.6) is 0 Å². The molecule has 1 aliphatic rings. The summed E-state index contributed by atoms with van der Waals surface area (Å²) in [4.78, 5) is 39.8. The lowest BCUT2D eigenvalue weighted by Crippen LogP contribution is -2.48. The van der Waals surface area contributed by atoms with Crippen molar-refractivity contribution < 1.29 is 14.7 Å². The molecule has 2 rings (SSSR count). The van der Waals surface area contributed by atoms with Crippen LogP contribution in [-0.2, 0) is 4.79 Å². The normalized spacial score (nSPS) is 21.8. The second-order valence-electron chi connectivity index (χ2n) is 5.42. The van der Waals surface area contributed by atoms with Crippen molar-refractivity contribution in [2.24, 2.45) is 5.92 Å². The summed E-state index contributed by atoms with van der Waals surface area (Å²) in [6.45, 7) is 5.58. The smallest absolute Gasteiger partial charge is 0.327 e. The van der Waals surface area contributed by atoms with E-state index >= 15 is 0 Å². The van der Waals surface area contributed by atoms with E-state index in [1.165, 1.54) is 22.7 Å². The first-order chi connectivity index (χ1) is 9.82. The topological polar surface area (TPSA) is 90.5 Å². The zero-order chi connectivity index (χ0) is 15.7. The van der Waals surface area contributed by atoms with Crippen LogP contribution in [0, 0.1) is 12.8 Å². The van der Waals surface area contributed by atoms with Crippen molar-refractivity contribution in [3.63, 3.8) is 0 Å². The third kappa shape index (κ3) is 2.97. The molecule has 1 aromatic rings. The highest BCUT2D eigenvalue weighted by Crippen LogP contribution is 2.34. The van der Waals surface area contributed by atoms with Gasteiger partial charge in [-0.15, -0.1) is 11.8 Å². The third-order valence-corrected chi connectivity index (χ3v) is 5.03. The van der Waals surface area contributed by atoms with Gasteiger partial charge < -0.3 is 15.0 Å². The van der Waals surface area contributed by atoms with E-state index in [0.29, 0.717) is 11.4 Å². The fourth-order valence-corrected chi connectivity index (χ4v) is 3.84. The first kappa shape index (κ1) is 15.6. The van der Waals surface area contributed by atoms with E-state index in [1.54, 1.807) is 13.0 Å². The van der Waals surface area contributed by atoms with Crippen LogP contribution in [0.25, 0.3) is 0 Å². The lowest BCUT2D eigenvalue weighted by Gasteiger charge is -2.29. The maximum atomic E-state index is 12.6. The fraction of sp³-hybridized carbons (Fsp3) is 0.500. The molecule has 0 spiro atoms. The molecule has 0 radical (unpaired) electrons. The van der Waals surface area contributed by atoms with Crippen molar-refractivity contribution in [3.05, 3.63) is 33.7 Å². The zero-order valence-corrected chi connectivity index (χ0v) is 12.9. The number of aryl methyl sites for hydroxylation is 1. The van der Waals surface area contributed by atoms with Crippen molar-refractivity contribution in [3.8, 4) is 0 Å². The Morgan fingerprint density at radius 1 is 1.43 bits per heavy atom. The van der Waals surface area contributed by atoms with E-state index in [-0.39, 0.29) is 16.9 Å². The minimum absolute atomic E-state index is 0.0139. The van der Waals surface area contributed by atoms with Gasteiger partial charge in [-0.3, -0.25) is 9.59 Å². The molecule has 0 aromatic carbocycles. The van der Waals surface area contributed by atoms with Crippen molar-refractivity contribution in [1.82, 2.24) is 9.88 Å². The highest BCUT2D eigenvalue weighted by Gasteiger charge is 2.43. The fourth-order valence-electron chi connectivity index (χ4n) is 2.37. The molecule has 0 aliphatic carbocycles. The number of aliphatic carboxylic acids is 1. The van der Waals surface area contributed by atoms with Gasteiger partial charge in [-0.1, -0.05) is 13.8 Å². The van der Waals surface area contributed by atoms with Gasteiger partial charge in [0.25, 0.3) is 11.5 Å². The predicted molar refractivity (Wildman–Crippen MR) is 80.5 cm³/mol. The maximum absolute atomic E-state index is 12.6. The molecule has 1 fully saturated rings. The van der Waals surface area contributed by atoms with Gasteiger partial charge in [0.05, 0.1) is 5.37 Å². The van der Waals surface area contributed by atoms with Crippen molar-refractivity contribution in [1.29, 1.82) is 0 Å². The number of rotatable bonds is 3. The first-order valence-corrected chi connectivity index (χ1v) is 7.74. The largest absolute Gasteiger partial charge is 0.480 e. The van der Waals surface area contributed by atoms with Crippen molar-refractivity contribution in [2.45, 2.75) is 32.2 Å². The van der Waals surface area contributed by atoms with Crippen LogP contribution in [0.15, 0.2) is 16.9 Å². The summed E-state index contributed by atoms with van der Waals surface area (Å²) in [5, 5.41) is 9.06. The monoisotopic (exact) mass is 310 g/mol. The number of nitrogens with zero attached hydrogens (tertiary/aromatic N) is 1. The van der Waals surface area contributed by atoms with E-state index in [1.807, 2.05) is 13.8 Å². The minimum atomic E-state index is -1.04. The first-order valence-electron chi connectivity index (χ1n) is 6.70. The number of thioether (sulfide) groups is 1. The molecule has 1 saturated heterocycles. The lowest BCUT2D eigenvalue weighted by molar-refractivity contribution is -0.141. The molecule has 1 aliphatic heterocycles. The third-order valence-electron chi connectivity index (χ3n) is 3.41. The lowest BCUT2D eigenvalue weighted by atomic mass is 10.1. The van der Waals surface area contributed by atoms with Crippen molar-refractivity contribution in [2.75, 3.05) is 5.75 Å². The molecule has 6 nitrogen and oxygen atoms in total. The number of nitrogens with one attached hydrogen (secondary N) is 1. The SMILES string of the molecule is Cc1ccc(C(=O)N2C(C(=O)O)CSC2C(C)C)c(=O)[nH]1. The Bertz CT molecular complexity index is 626. The average Bonchev–Trinajstić information content (AvgIpc) is 2.82. The number of carbonyl (C=O) groups is 2. The van der Waals surface area contributed by atoms with Gasteiger partial charge in [-0.05, 0) is 25.0 Å². The number of aromatic amines is 1. The summed E-state index contributed by atoms with van der Waals surface area (Å²) in [5.41, 5.74) is 0.158. The van der Waals surface area contributed by atoms with Gasteiger partial charge in [0.2, 0.25) is 0 Å². The van der Waals surface area contributed by atoms with E-state index < -0.39 is 23.5 Å². The maximum Gasteiger partial charge on any atom is 0.327 e. The standard InChI is InChI=1S/C14H18N2O4S/c1-7(2)13-16(10(6-21-13)14(19)20)12(18)9-5-4-8(3)15-11(9)17/h4-5,7,10,13H,6H2,1-3H3,(H,15,17)(H,19,20). The number of amides is 1. The molecule has 2 heterocycles. The number of hydrogen-bond donors (Lipinski definition) is 2. The van der Waals surface area contributed by atoms with Crippen molar-refractivity contribution >= 4 is 23.6 Å². The van der Waals surface area contributed by atoms with E-state index in [9.17, 15) is 19.5 Å². The molecule has 1 aromatic heterocycles. The van der Waals surface area contributed by atoms with Gasteiger partial charge in [-0.25, -0.2) is 4.79 Å². The Morgan fingerprint density at radius 2 is 2.10 bits per heavy atom. The molecule has 0 saturated carbocycles. The molecule has 1 amide bonds. The van der Waals surface area contributed by atoms with Crippen LogP contribution in [0.2, 0.25) is 0 Å². The number of carboxylic acids is 1. The van der Waals surface area contributed by atoms with Crippen LogP contribution >= 0.6 is 11.8 Å². The summed E-state index contributed by atoms with van der Waals surface area (Å²) in [7, 11) is 0. The van der Waals surface area contributed by atoms with E-state index in [0.717, 1.165) is 0 Å². The highest BCUT2D eigenvalue weighted by atomic mass is 32.2. The molecule has 2 N–H and O–H groups in total. The Kier molecular flexibility index (Phi) is 4.41. The average molecular weight is 310 g/mol. The Balaban J connectivity index is 2.41. The number of aromatic nitrogens is 1. The number of H-pyrrole nitrogens is 1. The Morgan fingerprint density at radius 3 is 2.62 bits per heavy atom. The highest BCUT2D eigenvalue weighted by molar-refractivity contribution is 8.00. The predicted octanol–water partition coefficient (Wildman–Crippen LogP) is 1.31. The molecular formula is C14H18N2O4S. The number of pyridine rings is 1. The molecule has 114 valence electrons. The van der Waals surface area contributed by atoms with E-state index in [2.05, 4.69) is 4.98 Å². The summed E-state index contributed by atoms with van der Waals surface area (Å²) < 4.78 is 0. The molecule has 2 atom stereocenters. The van der Waals surface area contributed by atoms with Crippen LogP contribution in [0.1, 0.15) is 29.9 Å². The van der Waals surface area contributed by atoms with Gasteiger partial charge in [0.1, 0.15) is 11.6 Å². The van der Waals surface area contributed by atoms with Crippen LogP contribution in [-0.4, -0.2) is 44.0 Å². The van der Waals surface area contributed by atoms with E-state index in [4.69, 9.17) is 0 Å². The number of hydrogen-bond acceptors (Lipinski definition) is 4. The summed E-state index contributed by atoms with van der Waals surface area (Å²) in [6.07, 6.45) is 0. The summed E-state index contributed by atoms with van der Waals surface area (Å²) >= 11 is 1.44. The van der Waals surface area contributed by atoms with Gasteiger partial charge in [0.15, 0.2) is 0 Å². The second kappa shape index (κ2) is 5.93. The Labute approximate surface area is 126 Å². The zero-order valence-electron chi connectivity index (χ0n) is 12.1. The molecular weight excluding hydrogens is 292 g/mol. The number of carbonyl (C=O) groups excluding carboxylic acids is 1. The molecule has 2 unspecified atom stereocenters. The van der Waals surface area contributed by atoms with Gasteiger partial charge >= 0.3 is 5.97 Å². The summed E-state index contributed by atoms with van der Waals surface area (Å²) in [6, 6.07) is 2.20. The van der Waals surface area contributed by atoms with Crippen LogP contribution < -0.4 is 5.56 Å². The summed E-state index contributed by atoms with van der Waals surface area (Å²) in [5.74, 6) is -1.11. The quantitative estimate of drug-likeness (QED) is 0.878. The minimum Gasteiger partial charge on any atom is -0.480 e. The van der Waals surface area contributed by atoms with Gasteiger partial charge in [0, 0.05) is 11.4 Å². The van der Waals surface area contributed by atoms with Gasteiger partial charge in [-0.2, -0.15) is 0 Å².